The molecule has 0 atom stereocenters. The Kier molecular flexibility index (Phi) is 7.35. The summed E-state index contributed by atoms with van der Waals surface area (Å²) >= 11 is 3.32. The van der Waals surface area contributed by atoms with Crippen molar-refractivity contribution >= 4 is 33.6 Å². The third kappa shape index (κ3) is 6.51. The van der Waals surface area contributed by atoms with Gasteiger partial charge in [0.15, 0.2) is 5.78 Å². The Labute approximate surface area is 154 Å². The van der Waals surface area contributed by atoms with Gasteiger partial charge in [0.05, 0.1) is 6.61 Å². The second kappa shape index (κ2) is 9.74. The van der Waals surface area contributed by atoms with Gasteiger partial charge >= 0.3 is 5.97 Å². The maximum atomic E-state index is 12.0. The summed E-state index contributed by atoms with van der Waals surface area (Å²) in [4.78, 5) is 35.3. The fourth-order valence-electron chi connectivity index (χ4n) is 2.09. The molecule has 0 aromatic heterocycles. The Morgan fingerprint density at radius 3 is 2.28 bits per heavy atom. The lowest BCUT2D eigenvalue weighted by molar-refractivity contribution is -0.142. The van der Waals surface area contributed by atoms with E-state index in [-0.39, 0.29) is 24.8 Å². The molecule has 1 N–H and O–H groups in total. The molecule has 0 spiro atoms. The molecule has 2 aromatic carbocycles. The van der Waals surface area contributed by atoms with Crippen LogP contribution in [0.5, 0.6) is 0 Å². The molecule has 0 heterocycles. The first-order valence-corrected chi connectivity index (χ1v) is 8.63. The van der Waals surface area contributed by atoms with E-state index >= 15 is 0 Å². The number of carbonyl (C=O) groups is 3. The fourth-order valence-corrected chi connectivity index (χ4v) is 2.36. The molecule has 0 aliphatic carbocycles. The Hall–Kier alpha value is -2.47. The average Bonchev–Trinajstić information content (AvgIpc) is 2.64. The van der Waals surface area contributed by atoms with Crippen LogP contribution in [0.4, 0.5) is 0 Å². The Morgan fingerprint density at radius 1 is 0.920 bits per heavy atom. The van der Waals surface area contributed by atoms with Gasteiger partial charge in [0.1, 0.15) is 6.54 Å². The first-order chi connectivity index (χ1) is 12.1. The number of benzene rings is 2. The number of ketones is 1. The quantitative estimate of drug-likeness (QED) is 0.416. The van der Waals surface area contributed by atoms with E-state index in [4.69, 9.17) is 4.74 Å². The minimum Gasteiger partial charge on any atom is -0.464 e. The van der Waals surface area contributed by atoms with Crippen LogP contribution >= 0.6 is 15.9 Å². The molecule has 0 saturated heterocycles. The Bertz CT molecular complexity index is 729. The van der Waals surface area contributed by atoms with Crippen LogP contribution < -0.4 is 5.32 Å². The van der Waals surface area contributed by atoms with Crippen molar-refractivity contribution in [3.63, 3.8) is 0 Å². The van der Waals surface area contributed by atoms with E-state index in [0.717, 1.165) is 4.47 Å². The van der Waals surface area contributed by atoms with Crippen LogP contribution in [0.2, 0.25) is 0 Å². The molecule has 0 unspecified atom stereocenters. The van der Waals surface area contributed by atoms with Crippen LogP contribution in [0.15, 0.2) is 59.1 Å². The number of amides is 1. The first-order valence-electron chi connectivity index (χ1n) is 7.84. The number of Topliss-reactive ketones (excluding diaryl/α,β-unsaturated/α-hetero) is 1. The van der Waals surface area contributed by atoms with Crippen molar-refractivity contribution in [1.29, 1.82) is 0 Å². The summed E-state index contributed by atoms with van der Waals surface area (Å²) < 4.78 is 5.93. The van der Waals surface area contributed by atoms with Gasteiger partial charge < -0.3 is 10.1 Å². The standard InChI is InChI=1S/C19H18BrNO4/c20-16-10-8-14(9-11-16)17(22)7-4-12-25-18(23)13-21-19(24)15-5-2-1-3-6-15/h1-3,5-6,8-11H,4,7,12-13H2,(H,21,24). The highest BCUT2D eigenvalue weighted by Crippen LogP contribution is 2.12. The predicted molar refractivity (Wildman–Crippen MR) is 97.4 cm³/mol. The monoisotopic (exact) mass is 403 g/mol. The van der Waals surface area contributed by atoms with Crippen molar-refractivity contribution < 1.29 is 19.1 Å². The zero-order valence-electron chi connectivity index (χ0n) is 13.5. The number of carbonyl (C=O) groups excluding carboxylic acids is 3. The predicted octanol–water partition coefficient (Wildman–Crippen LogP) is 3.39. The van der Waals surface area contributed by atoms with Crippen LogP contribution in [0.25, 0.3) is 0 Å². The van der Waals surface area contributed by atoms with Gasteiger partial charge in [-0.15, -0.1) is 0 Å². The van der Waals surface area contributed by atoms with E-state index < -0.39 is 5.97 Å². The molecule has 25 heavy (non-hydrogen) atoms. The SMILES string of the molecule is O=C(CNC(=O)c1ccccc1)OCCCC(=O)c1ccc(Br)cc1. The van der Waals surface area contributed by atoms with E-state index in [1.54, 1.807) is 42.5 Å². The number of hydrogen-bond acceptors (Lipinski definition) is 4. The van der Waals surface area contributed by atoms with Crippen molar-refractivity contribution in [2.75, 3.05) is 13.2 Å². The van der Waals surface area contributed by atoms with Crippen LogP contribution in [0, 0.1) is 0 Å². The van der Waals surface area contributed by atoms with Gasteiger partial charge in [-0.25, -0.2) is 0 Å². The summed E-state index contributed by atoms with van der Waals surface area (Å²) in [6, 6.07) is 15.7. The van der Waals surface area contributed by atoms with E-state index in [0.29, 0.717) is 24.0 Å². The molecule has 0 bridgehead atoms. The van der Waals surface area contributed by atoms with Gasteiger partial charge in [0, 0.05) is 22.0 Å². The van der Waals surface area contributed by atoms with Crippen LogP contribution in [-0.4, -0.2) is 30.8 Å². The summed E-state index contributed by atoms with van der Waals surface area (Å²) in [6.07, 6.45) is 0.735. The number of esters is 1. The number of nitrogens with one attached hydrogen (secondary N) is 1. The summed E-state index contributed by atoms with van der Waals surface area (Å²) in [5, 5.41) is 2.49. The summed E-state index contributed by atoms with van der Waals surface area (Å²) in [7, 11) is 0. The molecule has 130 valence electrons. The molecule has 0 fully saturated rings. The lowest BCUT2D eigenvalue weighted by Crippen LogP contribution is -2.30. The normalized spacial score (nSPS) is 10.1. The minimum absolute atomic E-state index is 0.000861. The van der Waals surface area contributed by atoms with Gasteiger partial charge in [0.25, 0.3) is 5.91 Å². The highest BCUT2D eigenvalue weighted by atomic mass is 79.9. The number of hydrogen-bond donors (Lipinski definition) is 1. The van der Waals surface area contributed by atoms with Crippen molar-refractivity contribution in [3.05, 3.63) is 70.2 Å². The molecule has 2 rings (SSSR count). The van der Waals surface area contributed by atoms with Crippen LogP contribution in [-0.2, 0) is 9.53 Å². The second-order valence-electron chi connectivity index (χ2n) is 5.30. The van der Waals surface area contributed by atoms with Crippen molar-refractivity contribution in [1.82, 2.24) is 5.32 Å². The van der Waals surface area contributed by atoms with Crippen molar-refractivity contribution in [2.24, 2.45) is 0 Å². The third-order valence-corrected chi connectivity index (χ3v) is 3.94. The molecule has 2 aromatic rings. The molecule has 5 nitrogen and oxygen atoms in total. The van der Waals surface area contributed by atoms with Gasteiger partial charge in [-0.2, -0.15) is 0 Å². The zero-order valence-corrected chi connectivity index (χ0v) is 15.1. The van der Waals surface area contributed by atoms with Crippen LogP contribution in [0.1, 0.15) is 33.6 Å². The highest BCUT2D eigenvalue weighted by Gasteiger charge is 2.09. The first kappa shape index (κ1) is 18.9. The third-order valence-electron chi connectivity index (χ3n) is 3.41. The minimum atomic E-state index is -0.527. The molecule has 0 radical (unpaired) electrons. The van der Waals surface area contributed by atoms with Crippen molar-refractivity contribution in [3.8, 4) is 0 Å². The summed E-state index contributed by atoms with van der Waals surface area (Å²) in [6.45, 7) is -0.0588. The zero-order chi connectivity index (χ0) is 18.1. The summed E-state index contributed by atoms with van der Waals surface area (Å²) in [5.74, 6) is -0.857. The topological polar surface area (TPSA) is 72.5 Å². The van der Waals surface area contributed by atoms with Crippen molar-refractivity contribution in [2.45, 2.75) is 12.8 Å². The molecule has 0 saturated carbocycles. The van der Waals surface area contributed by atoms with Gasteiger partial charge in [-0.1, -0.05) is 46.3 Å². The fraction of sp³-hybridized carbons (Fsp3) is 0.211. The molecule has 1 amide bonds. The maximum absolute atomic E-state index is 12.0. The lowest BCUT2D eigenvalue weighted by Gasteiger charge is -2.06. The van der Waals surface area contributed by atoms with Gasteiger partial charge in [-0.3, -0.25) is 14.4 Å². The highest BCUT2D eigenvalue weighted by molar-refractivity contribution is 9.10. The Balaban J connectivity index is 1.63. The van der Waals surface area contributed by atoms with E-state index in [1.165, 1.54) is 0 Å². The smallest absolute Gasteiger partial charge is 0.325 e. The number of halogens is 1. The molecular formula is C19H18BrNO4. The maximum Gasteiger partial charge on any atom is 0.325 e. The van der Waals surface area contributed by atoms with Gasteiger partial charge in [0.2, 0.25) is 0 Å². The molecule has 0 aliphatic heterocycles. The van der Waals surface area contributed by atoms with E-state index in [2.05, 4.69) is 21.2 Å². The van der Waals surface area contributed by atoms with Crippen LogP contribution in [0.3, 0.4) is 0 Å². The lowest BCUT2D eigenvalue weighted by atomic mass is 10.1. The van der Waals surface area contributed by atoms with E-state index in [9.17, 15) is 14.4 Å². The molecule has 6 heteroatoms. The number of ether oxygens (including phenoxy) is 1. The Morgan fingerprint density at radius 2 is 1.60 bits per heavy atom. The second-order valence-corrected chi connectivity index (χ2v) is 6.22. The largest absolute Gasteiger partial charge is 0.464 e. The van der Waals surface area contributed by atoms with Gasteiger partial charge in [-0.05, 0) is 30.7 Å². The molecule has 0 aliphatic rings. The molecular weight excluding hydrogens is 386 g/mol. The average molecular weight is 404 g/mol. The number of rotatable bonds is 8. The summed E-state index contributed by atoms with van der Waals surface area (Å²) in [5.41, 5.74) is 1.11. The van der Waals surface area contributed by atoms with E-state index in [1.807, 2.05) is 12.1 Å².